The van der Waals surface area contributed by atoms with E-state index in [1.165, 1.54) is 16.2 Å². The molecule has 1 aliphatic rings. The summed E-state index contributed by atoms with van der Waals surface area (Å²) in [5.74, 6) is -0.331. The lowest BCUT2D eigenvalue weighted by molar-refractivity contribution is -0.115. The lowest BCUT2D eigenvalue weighted by atomic mass is 9.95. The summed E-state index contributed by atoms with van der Waals surface area (Å²) >= 11 is 7.64. The zero-order valence-electron chi connectivity index (χ0n) is 17.9. The number of nitrogens with one attached hydrogen (secondary N) is 2. The second-order valence-electron chi connectivity index (χ2n) is 8.21. The van der Waals surface area contributed by atoms with E-state index in [2.05, 4.69) is 10.6 Å². The van der Waals surface area contributed by atoms with Gasteiger partial charge in [-0.3, -0.25) is 9.59 Å². The highest BCUT2D eigenvalue weighted by Crippen LogP contribution is 2.38. The van der Waals surface area contributed by atoms with Gasteiger partial charge in [-0.2, -0.15) is 0 Å². The quantitative estimate of drug-likeness (QED) is 0.349. The van der Waals surface area contributed by atoms with Crippen LogP contribution in [-0.2, 0) is 30.6 Å². The van der Waals surface area contributed by atoms with Crippen LogP contribution in [-0.4, -0.2) is 11.8 Å². The van der Waals surface area contributed by atoms with Gasteiger partial charge in [-0.1, -0.05) is 41.9 Å². The normalized spacial score (nSPS) is 13.0. The second-order valence-corrected chi connectivity index (χ2v) is 9.75. The van der Waals surface area contributed by atoms with Crippen LogP contribution < -0.4 is 10.6 Å². The van der Waals surface area contributed by atoms with Crippen molar-refractivity contribution in [2.45, 2.75) is 38.6 Å². The van der Waals surface area contributed by atoms with E-state index in [1.54, 1.807) is 24.5 Å². The number of hydrogen-bond acceptors (Lipinski definition) is 4. The van der Waals surface area contributed by atoms with E-state index in [-0.39, 0.29) is 18.2 Å². The Morgan fingerprint density at radius 3 is 2.73 bits per heavy atom. The third kappa shape index (κ3) is 4.68. The van der Waals surface area contributed by atoms with Crippen molar-refractivity contribution < 1.29 is 14.0 Å². The Hall–Kier alpha value is -3.09. The number of anilines is 1. The third-order valence-electron chi connectivity index (χ3n) is 5.91. The molecule has 0 saturated heterocycles. The SMILES string of the molecule is O=C(Cc1coc2ccc(Cl)cc12)Nc1sc2c(c1C(=O)NCc1ccccc1)CCCC2. The van der Waals surface area contributed by atoms with Crippen LogP contribution in [0.5, 0.6) is 0 Å². The Labute approximate surface area is 200 Å². The molecule has 0 spiro atoms. The van der Waals surface area contributed by atoms with Crippen LogP contribution >= 0.6 is 22.9 Å². The zero-order valence-corrected chi connectivity index (χ0v) is 19.5. The molecule has 0 fully saturated rings. The predicted molar refractivity (Wildman–Crippen MR) is 132 cm³/mol. The highest BCUT2D eigenvalue weighted by molar-refractivity contribution is 7.17. The number of carbonyl (C=O) groups excluding carboxylic acids is 2. The Morgan fingerprint density at radius 1 is 1.06 bits per heavy atom. The van der Waals surface area contributed by atoms with Crippen molar-refractivity contribution in [3.8, 4) is 0 Å². The van der Waals surface area contributed by atoms with E-state index in [0.29, 0.717) is 27.7 Å². The lowest BCUT2D eigenvalue weighted by Crippen LogP contribution is -2.25. The Bertz CT molecular complexity index is 1330. The van der Waals surface area contributed by atoms with Gasteiger partial charge in [-0.25, -0.2) is 0 Å². The van der Waals surface area contributed by atoms with Gasteiger partial charge in [-0.15, -0.1) is 11.3 Å². The number of amides is 2. The molecule has 168 valence electrons. The number of thiophene rings is 1. The number of fused-ring (bicyclic) bond motifs is 2. The first-order valence-electron chi connectivity index (χ1n) is 11.0. The van der Waals surface area contributed by atoms with Crippen LogP contribution in [0.4, 0.5) is 5.00 Å². The lowest BCUT2D eigenvalue weighted by Gasteiger charge is -2.13. The molecule has 1 aliphatic carbocycles. The molecule has 2 N–H and O–H groups in total. The summed E-state index contributed by atoms with van der Waals surface area (Å²) in [7, 11) is 0. The molecule has 2 heterocycles. The molecule has 2 aromatic carbocycles. The number of aryl methyl sites for hydroxylation is 1. The van der Waals surface area contributed by atoms with Crippen molar-refractivity contribution in [2.24, 2.45) is 0 Å². The van der Waals surface area contributed by atoms with Crippen molar-refractivity contribution in [3.05, 3.63) is 86.9 Å². The first kappa shape index (κ1) is 21.7. The van der Waals surface area contributed by atoms with Gasteiger partial charge in [0.2, 0.25) is 5.91 Å². The fourth-order valence-electron chi connectivity index (χ4n) is 4.30. The Morgan fingerprint density at radius 2 is 1.88 bits per heavy atom. The maximum absolute atomic E-state index is 13.2. The van der Waals surface area contributed by atoms with Crippen molar-refractivity contribution in [1.82, 2.24) is 5.32 Å². The number of carbonyl (C=O) groups is 2. The monoisotopic (exact) mass is 478 g/mol. The molecule has 0 radical (unpaired) electrons. The summed E-state index contributed by atoms with van der Waals surface area (Å²) in [6, 6.07) is 15.2. The van der Waals surface area contributed by atoms with E-state index >= 15 is 0 Å². The minimum Gasteiger partial charge on any atom is -0.464 e. The average Bonchev–Trinajstić information content (AvgIpc) is 3.38. The fraction of sp³-hybridized carbons (Fsp3) is 0.231. The van der Waals surface area contributed by atoms with Crippen LogP contribution in [0.25, 0.3) is 11.0 Å². The number of hydrogen-bond donors (Lipinski definition) is 2. The van der Waals surface area contributed by atoms with Crippen LogP contribution in [0, 0.1) is 0 Å². The minimum atomic E-state index is -0.187. The molecule has 0 aliphatic heterocycles. The number of benzene rings is 2. The maximum Gasteiger partial charge on any atom is 0.254 e. The molecule has 4 aromatic rings. The first-order valence-corrected chi connectivity index (χ1v) is 12.2. The highest BCUT2D eigenvalue weighted by atomic mass is 35.5. The van der Waals surface area contributed by atoms with Gasteiger partial charge in [0.1, 0.15) is 10.6 Å². The molecule has 2 amide bonds. The molecule has 7 heteroatoms. The van der Waals surface area contributed by atoms with Gasteiger partial charge in [0.25, 0.3) is 5.91 Å². The van der Waals surface area contributed by atoms with E-state index in [0.717, 1.165) is 47.8 Å². The number of rotatable bonds is 6. The summed E-state index contributed by atoms with van der Waals surface area (Å²) in [4.78, 5) is 27.4. The number of halogens is 1. The van der Waals surface area contributed by atoms with Crippen LogP contribution in [0.3, 0.4) is 0 Å². The molecule has 33 heavy (non-hydrogen) atoms. The molecule has 0 saturated carbocycles. The van der Waals surface area contributed by atoms with E-state index in [9.17, 15) is 9.59 Å². The van der Waals surface area contributed by atoms with Gasteiger partial charge in [-0.05, 0) is 55.0 Å². The highest BCUT2D eigenvalue weighted by Gasteiger charge is 2.26. The first-order chi connectivity index (χ1) is 16.1. The van der Waals surface area contributed by atoms with Crippen molar-refractivity contribution in [2.75, 3.05) is 5.32 Å². The van der Waals surface area contributed by atoms with Gasteiger partial charge in [0, 0.05) is 27.4 Å². The topological polar surface area (TPSA) is 71.3 Å². The summed E-state index contributed by atoms with van der Waals surface area (Å²) in [5, 5.41) is 8.08. The second kappa shape index (κ2) is 9.41. The van der Waals surface area contributed by atoms with Gasteiger partial charge in [0.15, 0.2) is 0 Å². The fourth-order valence-corrected chi connectivity index (χ4v) is 5.77. The summed E-state index contributed by atoms with van der Waals surface area (Å²) in [5.41, 5.74) is 4.17. The van der Waals surface area contributed by atoms with Crippen LogP contribution in [0.2, 0.25) is 5.02 Å². The molecule has 5 rings (SSSR count). The number of furan rings is 1. The van der Waals surface area contributed by atoms with Crippen molar-refractivity contribution in [3.63, 3.8) is 0 Å². The summed E-state index contributed by atoms with van der Waals surface area (Å²) in [6.07, 6.45) is 5.69. The molecule has 0 unspecified atom stereocenters. The van der Waals surface area contributed by atoms with Crippen LogP contribution in [0.15, 0.2) is 59.2 Å². The van der Waals surface area contributed by atoms with Crippen molar-refractivity contribution >= 4 is 50.7 Å². The van der Waals surface area contributed by atoms with E-state index in [1.807, 2.05) is 30.3 Å². The van der Waals surface area contributed by atoms with Crippen LogP contribution in [0.1, 0.15) is 44.8 Å². The molecule has 2 aromatic heterocycles. The molecule has 0 bridgehead atoms. The van der Waals surface area contributed by atoms with E-state index < -0.39 is 0 Å². The summed E-state index contributed by atoms with van der Waals surface area (Å²) in [6.45, 7) is 0.444. The molecule has 5 nitrogen and oxygen atoms in total. The smallest absolute Gasteiger partial charge is 0.254 e. The largest absolute Gasteiger partial charge is 0.464 e. The van der Waals surface area contributed by atoms with E-state index in [4.69, 9.17) is 16.0 Å². The molecular formula is C26H23ClN2O3S. The predicted octanol–water partition coefficient (Wildman–Crippen LogP) is 6.14. The van der Waals surface area contributed by atoms with Gasteiger partial charge in [0.05, 0.1) is 18.2 Å². The zero-order chi connectivity index (χ0) is 22.8. The van der Waals surface area contributed by atoms with Gasteiger partial charge >= 0.3 is 0 Å². The summed E-state index contributed by atoms with van der Waals surface area (Å²) < 4.78 is 5.56. The Kier molecular flexibility index (Phi) is 6.20. The standard InChI is InChI=1S/C26H23ClN2O3S/c27-18-10-11-21-20(13-18)17(15-32-21)12-23(30)29-26-24(19-8-4-5-9-22(19)33-26)25(31)28-14-16-6-2-1-3-7-16/h1-3,6-7,10-11,13,15H,4-5,8-9,12,14H2,(H,28,31)(H,29,30). The van der Waals surface area contributed by atoms with Crippen molar-refractivity contribution in [1.29, 1.82) is 0 Å². The van der Waals surface area contributed by atoms with Gasteiger partial charge < -0.3 is 15.1 Å². The third-order valence-corrected chi connectivity index (χ3v) is 7.36. The Balaban J connectivity index is 1.37. The molecular weight excluding hydrogens is 456 g/mol. The molecule has 0 atom stereocenters. The minimum absolute atomic E-state index is 0.140. The average molecular weight is 479 g/mol. The maximum atomic E-state index is 13.2.